The van der Waals surface area contributed by atoms with Crippen molar-refractivity contribution in [3.05, 3.63) is 53.9 Å². The number of hydrogen-bond donors (Lipinski definition) is 1. The number of thioether (sulfide) groups is 1. The molecule has 1 aromatic carbocycles. The van der Waals surface area contributed by atoms with Gasteiger partial charge in [-0.05, 0) is 35.7 Å². The number of benzene rings is 1. The van der Waals surface area contributed by atoms with Gasteiger partial charge in [0.25, 0.3) is 0 Å². The molecule has 0 aliphatic carbocycles. The summed E-state index contributed by atoms with van der Waals surface area (Å²) in [6, 6.07) is 12.1. The van der Waals surface area contributed by atoms with E-state index in [4.69, 9.17) is 0 Å². The summed E-state index contributed by atoms with van der Waals surface area (Å²) in [5, 5.41) is 0. The molecule has 3 heteroatoms. The van der Waals surface area contributed by atoms with Gasteiger partial charge in [-0.25, -0.2) is 0 Å². The summed E-state index contributed by atoms with van der Waals surface area (Å²) in [5.74, 6) is 1.16. The summed E-state index contributed by atoms with van der Waals surface area (Å²) in [7, 11) is 0. The molecule has 0 bridgehead atoms. The fourth-order valence-corrected chi connectivity index (χ4v) is 2.46. The molecule has 2 rings (SSSR count). The zero-order valence-corrected chi connectivity index (χ0v) is 11.5. The Labute approximate surface area is 112 Å². The van der Waals surface area contributed by atoms with E-state index in [0.717, 1.165) is 4.90 Å². The second-order valence-electron chi connectivity index (χ2n) is 4.52. The van der Waals surface area contributed by atoms with Gasteiger partial charge in [0.05, 0.1) is 11.4 Å². The summed E-state index contributed by atoms with van der Waals surface area (Å²) in [6.45, 7) is 4.35. The number of aromatic amines is 1. The highest BCUT2D eigenvalue weighted by atomic mass is 32.2. The second kappa shape index (κ2) is 5.91. The first-order valence-corrected chi connectivity index (χ1v) is 7.04. The molecular weight excluding hydrogens is 242 g/mol. The number of aromatic nitrogens is 1. The molecule has 0 spiro atoms. The van der Waals surface area contributed by atoms with E-state index < -0.39 is 0 Å². The number of ketones is 1. The SMILES string of the molecule is CC(C)c1ccc(SCC(=O)c2ccc[nH]2)cc1. The van der Waals surface area contributed by atoms with Crippen LogP contribution in [0.4, 0.5) is 0 Å². The van der Waals surface area contributed by atoms with Crippen LogP contribution in [0, 0.1) is 0 Å². The van der Waals surface area contributed by atoms with Crippen LogP contribution < -0.4 is 0 Å². The average molecular weight is 259 g/mol. The van der Waals surface area contributed by atoms with E-state index in [1.807, 2.05) is 12.1 Å². The molecule has 0 atom stereocenters. The maximum atomic E-state index is 11.8. The van der Waals surface area contributed by atoms with Crippen molar-refractivity contribution < 1.29 is 4.79 Å². The van der Waals surface area contributed by atoms with Gasteiger partial charge in [0.1, 0.15) is 0 Å². The van der Waals surface area contributed by atoms with Crippen LogP contribution in [0.15, 0.2) is 47.5 Å². The average Bonchev–Trinajstić information content (AvgIpc) is 2.90. The first-order valence-electron chi connectivity index (χ1n) is 6.06. The maximum Gasteiger partial charge on any atom is 0.189 e. The monoisotopic (exact) mass is 259 g/mol. The van der Waals surface area contributed by atoms with Gasteiger partial charge in [0.15, 0.2) is 5.78 Å². The van der Waals surface area contributed by atoms with E-state index in [1.165, 1.54) is 5.56 Å². The number of nitrogens with one attached hydrogen (secondary N) is 1. The minimum atomic E-state index is 0.137. The highest BCUT2D eigenvalue weighted by Crippen LogP contribution is 2.22. The lowest BCUT2D eigenvalue weighted by Gasteiger charge is -2.06. The van der Waals surface area contributed by atoms with Gasteiger partial charge in [0.2, 0.25) is 0 Å². The highest BCUT2D eigenvalue weighted by Gasteiger charge is 2.07. The maximum absolute atomic E-state index is 11.8. The zero-order valence-electron chi connectivity index (χ0n) is 10.6. The molecule has 0 unspecified atom stereocenters. The summed E-state index contributed by atoms with van der Waals surface area (Å²) in [6.07, 6.45) is 1.77. The predicted molar refractivity (Wildman–Crippen MR) is 76.4 cm³/mol. The Morgan fingerprint density at radius 2 is 1.94 bits per heavy atom. The molecule has 1 N–H and O–H groups in total. The van der Waals surface area contributed by atoms with E-state index in [2.05, 4.69) is 43.1 Å². The van der Waals surface area contributed by atoms with Crippen LogP contribution in [-0.2, 0) is 0 Å². The fourth-order valence-electron chi connectivity index (χ4n) is 1.68. The molecule has 0 saturated carbocycles. The third kappa shape index (κ3) is 3.26. The molecule has 1 heterocycles. The molecule has 94 valence electrons. The van der Waals surface area contributed by atoms with Gasteiger partial charge < -0.3 is 4.98 Å². The van der Waals surface area contributed by atoms with Crippen LogP contribution in [0.25, 0.3) is 0 Å². The standard InChI is InChI=1S/C15H17NOS/c1-11(2)12-5-7-13(8-6-12)18-10-15(17)14-4-3-9-16-14/h3-9,11,16H,10H2,1-2H3. The van der Waals surface area contributed by atoms with E-state index >= 15 is 0 Å². The number of carbonyl (C=O) groups is 1. The molecule has 18 heavy (non-hydrogen) atoms. The first kappa shape index (κ1) is 13.0. The van der Waals surface area contributed by atoms with Crippen LogP contribution in [0.3, 0.4) is 0 Å². The van der Waals surface area contributed by atoms with Crippen molar-refractivity contribution in [3.63, 3.8) is 0 Å². The van der Waals surface area contributed by atoms with Crippen LogP contribution in [0.2, 0.25) is 0 Å². The van der Waals surface area contributed by atoms with Crippen LogP contribution in [0.5, 0.6) is 0 Å². The third-order valence-corrected chi connectivity index (χ3v) is 3.83. The van der Waals surface area contributed by atoms with Crippen molar-refractivity contribution in [2.45, 2.75) is 24.7 Å². The van der Waals surface area contributed by atoms with Crippen molar-refractivity contribution in [3.8, 4) is 0 Å². The Kier molecular flexibility index (Phi) is 4.26. The lowest BCUT2D eigenvalue weighted by molar-refractivity contribution is 0.101. The molecule has 0 aliphatic heterocycles. The number of hydrogen-bond acceptors (Lipinski definition) is 2. The van der Waals surface area contributed by atoms with Crippen molar-refractivity contribution >= 4 is 17.5 Å². The van der Waals surface area contributed by atoms with Crippen LogP contribution in [-0.4, -0.2) is 16.5 Å². The number of rotatable bonds is 5. The van der Waals surface area contributed by atoms with E-state index in [9.17, 15) is 4.79 Å². The molecule has 0 aliphatic rings. The number of Topliss-reactive ketones (excluding diaryl/α,β-unsaturated/α-hetero) is 1. The topological polar surface area (TPSA) is 32.9 Å². The van der Waals surface area contributed by atoms with E-state index in [0.29, 0.717) is 17.4 Å². The molecule has 1 aromatic heterocycles. The number of carbonyl (C=O) groups excluding carboxylic acids is 1. The highest BCUT2D eigenvalue weighted by molar-refractivity contribution is 8.00. The summed E-state index contributed by atoms with van der Waals surface area (Å²) in [4.78, 5) is 15.9. The predicted octanol–water partition coefficient (Wildman–Crippen LogP) is 4.11. The van der Waals surface area contributed by atoms with Gasteiger partial charge in [0, 0.05) is 11.1 Å². The van der Waals surface area contributed by atoms with Crippen molar-refractivity contribution in [1.29, 1.82) is 0 Å². The first-order chi connectivity index (χ1) is 8.66. The Morgan fingerprint density at radius 3 is 2.50 bits per heavy atom. The smallest absolute Gasteiger partial charge is 0.189 e. The lowest BCUT2D eigenvalue weighted by Crippen LogP contribution is -2.02. The Hall–Kier alpha value is -1.48. The van der Waals surface area contributed by atoms with Crippen molar-refractivity contribution in [2.75, 3.05) is 5.75 Å². The van der Waals surface area contributed by atoms with Gasteiger partial charge in [-0.2, -0.15) is 0 Å². The molecule has 0 amide bonds. The van der Waals surface area contributed by atoms with Crippen molar-refractivity contribution in [1.82, 2.24) is 4.98 Å². The quantitative estimate of drug-likeness (QED) is 0.647. The summed E-state index contributed by atoms with van der Waals surface area (Å²) >= 11 is 1.58. The van der Waals surface area contributed by atoms with Crippen molar-refractivity contribution in [2.24, 2.45) is 0 Å². The second-order valence-corrected chi connectivity index (χ2v) is 5.57. The fraction of sp³-hybridized carbons (Fsp3) is 0.267. The van der Waals surface area contributed by atoms with Crippen LogP contribution >= 0.6 is 11.8 Å². The Bertz CT molecular complexity index is 500. The zero-order chi connectivity index (χ0) is 13.0. The third-order valence-electron chi connectivity index (χ3n) is 2.82. The Morgan fingerprint density at radius 1 is 1.22 bits per heavy atom. The lowest BCUT2D eigenvalue weighted by atomic mass is 10.0. The Balaban J connectivity index is 1.92. The van der Waals surface area contributed by atoms with E-state index in [-0.39, 0.29) is 5.78 Å². The summed E-state index contributed by atoms with van der Waals surface area (Å²) in [5.41, 5.74) is 2.01. The minimum Gasteiger partial charge on any atom is -0.359 e. The van der Waals surface area contributed by atoms with E-state index in [1.54, 1.807) is 18.0 Å². The molecule has 2 aromatic rings. The minimum absolute atomic E-state index is 0.137. The largest absolute Gasteiger partial charge is 0.359 e. The van der Waals surface area contributed by atoms with Gasteiger partial charge in [-0.15, -0.1) is 11.8 Å². The van der Waals surface area contributed by atoms with Gasteiger partial charge >= 0.3 is 0 Å². The normalized spacial score (nSPS) is 10.8. The summed E-state index contributed by atoms with van der Waals surface area (Å²) < 4.78 is 0. The molecular formula is C15H17NOS. The molecule has 0 fully saturated rings. The van der Waals surface area contributed by atoms with Gasteiger partial charge in [-0.3, -0.25) is 4.79 Å². The molecule has 2 nitrogen and oxygen atoms in total. The molecule has 0 saturated heterocycles. The van der Waals surface area contributed by atoms with Crippen LogP contribution in [0.1, 0.15) is 35.8 Å². The molecule has 0 radical (unpaired) electrons. The van der Waals surface area contributed by atoms with Gasteiger partial charge in [-0.1, -0.05) is 26.0 Å². The number of H-pyrrole nitrogens is 1.